The maximum absolute atomic E-state index is 5.58. The molecule has 0 spiro atoms. The Morgan fingerprint density at radius 3 is 1.04 bits per heavy atom. The number of aryl methyl sites for hydroxylation is 1. The Morgan fingerprint density at radius 2 is 0.667 bits per heavy atom. The Labute approximate surface area is 300 Å². The number of pyridine rings is 4. The Morgan fingerprint density at radius 1 is 0.333 bits per heavy atom. The van der Waals surface area contributed by atoms with Crippen LogP contribution in [0.1, 0.15) is 17.1 Å². The average Bonchev–Trinajstić information content (AvgIpc) is 3.20. The van der Waals surface area contributed by atoms with Gasteiger partial charge in [-0.25, -0.2) is 4.98 Å². The van der Waals surface area contributed by atoms with Crippen LogP contribution in [-0.2, 0) is 6.42 Å². The lowest BCUT2D eigenvalue weighted by Crippen LogP contribution is -1.97. The molecule has 0 radical (unpaired) electrons. The van der Waals surface area contributed by atoms with Crippen LogP contribution in [0.15, 0.2) is 194 Å². The molecule has 0 saturated heterocycles. The molecule has 8 rings (SSSR count). The average molecular weight is 662 g/mol. The summed E-state index contributed by atoms with van der Waals surface area (Å²) < 4.78 is 0. The number of anilines is 1. The fourth-order valence-corrected chi connectivity index (χ4v) is 5.41. The first-order valence-electron chi connectivity index (χ1n) is 16.9. The summed E-state index contributed by atoms with van der Waals surface area (Å²) in [6.45, 7) is 2.01. The number of nitrogen functional groups attached to an aromatic ring is 1. The Bertz CT molecular complexity index is 2080. The van der Waals surface area contributed by atoms with Gasteiger partial charge in [0.05, 0.1) is 22.8 Å². The van der Waals surface area contributed by atoms with Crippen molar-refractivity contribution in [2.75, 3.05) is 5.73 Å². The first-order valence-corrected chi connectivity index (χ1v) is 16.9. The molecular weight excluding hydrogens is 623 g/mol. The summed E-state index contributed by atoms with van der Waals surface area (Å²) in [4.78, 5) is 18.3. The largest absolute Gasteiger partial charge is 0.384 e. The van der Waals surface area contributed by atoms with Crippen molar-refractivity contribution in [1.29, 1.82) is 0 Å². The first kappa shape index (κ1) is 34.2. The van der Waals surface area contributed by atoms with Crippen LogP contribution < -0.4 is 5.73 Å². The Balaban J connectivity index is 0.000000145. The van der Waals surface area contributed by atoms with E-state index in [1.807, 2.05) is 134 Å². The smallest absolute Gasteiger partial charge is 0.124 e. The third kappa shape index (κ3) is 10.1. The highest BCUT2D eigenvalue weighted by atomic mass is 14.8. The lowest BCUT2D eigenvalue weighted by Gasteiger charge is -2.07. The summed E-state index contributed by atoms with van der Waals surface area (Å²) in [5, 5.41) is 0. The van der Waals surface area contributed by atoms with Crippen molar-refractivity contribution in [3.63, 3.8) is 0 Å². The number of nitrogens with two attached hydrogens (primary N) is 1. The van der Waals surface area contributed by atoms with Crippen LogP contribution in [-0.4, -0.2) is 19.9 Å². The molecule has 4 aromatic heterocycles. The van der Waals surface area contributed by atoms with Crippen molar-refractivity contribution < 1.29 is 0 Å². The SMILES string of the molecule is Cc1cccc(-c2ccccc2)n1.Nc1cccc(-c2ccccc2)n1.c1ccc(-c2cccc(Cc3cccc(-c4ccccc4)n3)n2)cc1. The van der Waals surface area contributed by atoms with Crippen molar-refractivity contribution in [2.24, 2.45) is 0 Å². The third-order valence-corrected chi connectivity index (χ3v) is 7.91. The molecule has 0 aliphatic rings. The van der Waals surface area contributed by atoms with E-state index in [1.54, 1.807) is 6.07 Å². The van der Waals surface area contributed by atoms with Gasteiger partial charge in [-0.15, -0.1) is 0 Å². The van der Waals surface area contributed by atoms with E-state index < -0.39 is 0 Å². The van der Waals surface area contributed by atoms with E-state index >= 15 is 0 Å². The maximum Gasteiger partial charge on any atom is 0.124 e. The van der Waals surface area contributed by atoms with Crippen LogP contribution in [0.3, 0.4) is 0 Å². The minimum absolute atomic E-state index is 0.557. The highest BCUT2D eigenvalue weighted by Crippen LogP contribution is 2.21. The van der Waals surface area contributed by atoms with Gasteiger partial charge < -0.3 is 5.73 Å². The second-order valence-electron chi connectivity index (χ2n) is 11.8. The molecule has 0 saturated carbocycles. The Hall–Kier alpha value is -6.72. The second kappa shape index (κ2) is 17.6. The second-order valence-corrected chi connectivity index (χ2v) is 11.8. The van der Waals surface area contributed by atoms with Crippen molar-refractivity contribution in [3.8, 4) is 45.0 Å². The molecule has 8 aromatic rings. The number of hydrogen-bond acceptors (Lipinski definition) is 5. The van der Waals surface area contributed by atoms with E-state index in [4.69, 9.17) is 15.7 Å². The molecule has 0 aliphatic carbocycles. The minimum atomic E-state index is 0.557. The van der Waals surface area contributed by atoms with E-state index in [-0.39, 0.29) is 0 Å². The fourth-order valence-electron chi connectivity index (χ4n) is 5.41. The van der Waals surface area contributed by atoms with Crippen LogP contribution >= 0.6 is 0 Å². The molecular formula is C46H39N5. The zero-order valence-corrected chi connectivity index (χ0v) is 28.5. The molecule has 0 amide bonds. The quantitative estimate of drug-likeness (QED) is 0.192. The van der Waals surface area contributed by atoms with E-state index in [2.05, 4.69) is 70.6 Å². The van der Waals surface area contributed by atoms with E-state index in [1.165, 1.54) is 5.56 Å². The predicted molar refractivity (Wildman–Crippen MR) is 211 cm³/mol. The molecule has 2 N–H and O–H groups in total. The van der Waals surface area contributed by atoms with Crippen molar-refractivity contribution in [3.05, 3.63) is 211 Å². The van der Waals surface area contributed by atoms with Gasteiger partial charge in [-0.05, 0) is 55.5 Å². The van der Waals surface area contributed by atoms with Crippen LogP contribution in [0.2, 0.25) is 0 Å². The van der Waals surface area contributed by atoms with Crippen LogP contribution in [0, 0.1) is 6.92 Å². The number of nitrogens with zero attached hydrogens (tertiary/aromatic N) is 4. The third-order valence-electron chi connectivity index (χ3n) is 7.91. The van der Waals surface area contributed by atoms with Gasteiger partial charge in [0.25, 0.3) is 0 Å². The molecule has 4 heterocycles. The lowest BCUT2D eigenvalue weighted by atomic mass is 10.1. The van der Waals surface area contributed by atoms with Crippen molar-refractivity contribution in [1.82, 2.24) is 19.9 Å². The lowest BCUT2D eigenvalue weighted by molar-refractivity contribution is 1.02. The summed E-state index contributed by atoms with van der Waals surface area (Å²) >= 11 is 0. The van der Waals surface area contributed by atoms with E-state index in [9.17, 15) is 0 Å². The van der Waals surface area contributed by atoms with Gasteiger partial charge in [0.1, 0.15) is 5.82 Å². The molecule has 5 heteroatoms. The molecule has 0 bridgehead atoms. The molecule has 5 nitrogen and oxygen atoms in total. The summed E-state index contributed by atoms with van der Waals surface area (Å²) in [5.41, 5.74) is 17.2. The topological polar surface area (TPSA) is 77.6 Å². The van der Waals surface area contributed by atoms with Crippen LogP contribution in [0.25, 0.3) is 45.0 Å². The molecule has 248 valence electrons. The number of hydrogen-bond donors (Lipinski definition) is 1. The van der Waals surface area contributed by atoms with Crippen LogP contribution in [0.5, 0.6) is 0 Å². The highest BCUT2D eigenvalue weighted by Gasteiger charge is 2.05. The standard InChI is InChI=1S/C23H18N2.C12H11N.C11H10N2/c1-3-9-18(10-4-1)22-15-7-13-20(24-22)17-21-14-8-16-23(25-21)19-11-5-2-6-12-19;1-10-6-5-9-12(13-10)11-7-3-2-4-8-11;12-11-8-4-7-10(13-11)9-5-2-1-3-6-9/h1-16H,17H2;2-9H,1H3;1-8H,(H2,12,13). The molecule has 0 unspecified atom stereocenters. The normalized spacial score (nSPS) is 10.2. The minimum Gasteiger partial charge on any atom is -0.384 e. The van der Waals surface area contributed by atoms with Gasteiger partial charge in [0, 0.05) is 45.8 Å². The molecule has 51 heavy (non-hydrogen) atoms. The van der Waals surface area contributed by atoms with Gasteiger partial charge >= 0.3 is 0 Å². The first-order chi connectivity index (χ1) is 25.1. The van der Waals surface area contributed by atoms with Gasteiger partial charge in [-0.2, -0.15) is 0 Å². The molecule has 4 aromatic carbocycles. The zero-order valence-electron chi connectivity index (χ0n) is 28.5. The summed E-state index contributed by atoms with van der Waals surface area (Å²) in [6, 6.07) is 64.8. The molecule has 0 atom stereocenters. The monoisotopic (exact) mass is 661 g/mol. The van der Waals surface area contributed by atoms with Crippen molar-refractivity contribution in [2.45, 2.75) is 13.3 Å². The summed E-state index contributed by atoms with van der Waals surface area (Å²) in [5.74, 6) is 0.557. The fraction of sp³-hybridized carbons (Fsp3) is 0.0435. The molecule has 0 fully saturated rings. The van der Waals surface area contributed by atoms with Crippen molar-refractivity contribution >= 4 is 5.82 Å². The summed E-state index contributed by atoms with van der Waals surface area (Å²) in [6.07, 6.45) is 0.724. The molecule has 0 aliphatic heterocycles. The predicted octanol–water partition coefficient (Wildman–Crippen LogP) is 10.8. The zero-order chi connectivity index (χ0) is 35.1. The van der Waals surface area contributed by atoms with Gasteiger partial charge in [-0.1, -0.05) is 146 Å². The number of rotatable bonds is 6. The van der Waals surface area contributed by atoms with Gasteiger partial charge in [-0.3, -0.25) is 15.0 Å². The maximum atomic E-state index is 5.58. The van der Waals surface area contributed by atoms with Crippen LogP contribution in [0.4, 0.5) is 5.82 Å². The summed E-state index contributed by atoms with van der Waals surface area (Å²) in [7, 11) is 0. The number of benzene rings is 4. The van der Waals surface area contributed by atoms with E-state index in [0.29, 0.717) is 5.82 Å². The highest BCUT2D eigenvalue weighted by molar-refractivity contribution is 5.62. The number of aromatic nitrogens is 4. The van der Waals surface area contributed by atoms with Gasteiger partial charge in [0.2, 0.25) is 0 Å². The Kier molecular flexibility index (Phi) is 11.8. The van der Waals surface area contributed by atoms with Gasteiger partial charge in [0.15, 0.2) is 0 Å². The van der Waals surface area contributed by atoms with E-state index in [0.717, 1.165) is 63.0 Å².